The Morgan fingerprint density at radius 3 is 2.77 bits per heavy atom. The van der Waals surface area contributed by atoms with Gasteiger partial charge in [-0.3, -0.25) is 4.79 Å². The molecule has 1 aromatic rings. The van der Waals surface area contributed by atoms with Crippen LogP contribution >= 0.6 is 0 Å². The topological polar surface area (TPSA) is 79.8 Å². The first-order valence-corrected chi connectivity index (χ1v) is 11.0. The van der Waals surface area contributed by atoms with Crippen LogP contribution < -0.4 is 4.74 Å². The molecule has 0 spiro atoms. The quantitative estimate of drug-likeness (QED) is 0.785. The number of aryl methyl sites for hydroxylation is 2. The SMILES string of the molecule is COc1nc2c(cc1C(=O)N1C[C@@H]3CC[C@H]1CN(S(C)(=O)=O)C3)CCC2. The number of pyridine rings is 1. The van der Waals surface area contributed by atoms with Crippen LogP contribution in [0.15, 0.2) is 6.07 Å². The number of amides is 1. The van der Waals surface area contributed by atoms with Gasteiger partial charge in [-0.15, -0.1) is 0 Å². The number of carbonyl (C=O) groups is 1. The second-order valence-electron chi connectivity index (χ2n) is 7.64. The number of rotatable bonds is 3. The van der Waals surface area contributed by atoms with Crippen molar-refractivity contribution >= 4 is 15.9 Å². The lowest BCUT2D eigenvalue weighted by molar-refractivity contribution is 0.0584. The standard InChI is InChI=1S/C18H25N3O4S/c1-25-17-15(8-13-4-3-5-16(13)19-17)18(22)21-10-12-6-7-14(21)11-20(9-12)26(2,23)24/h8,12,14H,3-7,9-11H2,1-2H3/t12-,14+/m1/s1. The summed E-state index contributed by atoms with van der Waals surface area (Å²) in [4.78, 5) is 19.7. The fourth-order valence-electron chi connectivity index (χ4n) is 4.48. The van der Waals surface area contributed by atoms with E-state index in [2.05, 4.69) is 4.98 Å². The first-order chi connectivity index (χ1) is 12.4. The maximum atomic E-state index is 13.3. The minimum absolute atomic E-state index is 0.0888. The van der Waals surface area contributed by atoms with Crippen molar-refractivity contribution in [2.24, 2.45) is 5.92 Å². The number of hydrogen-bond donors (Lipinski definition) is 0. The van der Waals surface area contributed by atoms with Gasteiger partial charge in [0, 0.05) is 31.4 Å². The van der Waals surface area contributed by atoms with Gasteiger partial charge >= 0.3 is 0 Å². The summed E-state index contributed by atoms with van der Waals surface area (Å²) in [5.74, 6) is 0.477. The predicted molar refractivity (Wildman–Crippen MR) is 96.8 cm³/mol. The molecule has 0 radical (unpaired) electrons. The number of carbonyl (C=O) groups excluding carboxylic acids is 1. The molecule has 26 heavy (non-hydrogen) atoms. The smallest absolute Gasteiger partial charge is 0.259 e. The lowest BCUT2D eigenvalue weighted by atomic mass is 9.94. The Morgan fingerprint density at radius 1 is 1.23 bits per heavy atom. The molecule has 1 aromatic heterocycles. The highest BCUT2D eigenvalue weighted by Crippen LogP contribution is 2.33. The number of sulfonamides is 1. The fraction of sp³-hybridized carbons (Fsp3) is 0.667. The van der Waals surface area contributed by atoms with Gasteiger partial charge in [-0.05, 0) is 49.7 Å². The lowest BCUT2D eigenvalue weighted by Crippen LogP contribution is -2.47. The number of ether oxygens (including phenoxy) is 1. The van der Waals surface area contributed by atoms with Gasteiger partial charge in [0.05, 0.1) is 13.4 Å². The van der Waals surface area contributed by atoms with Crippen LogP contribution in [0.2, 0.25) is 0 Å². The highest BCUT2D eigenvalue weighted by atomic mass is 32.2. The lowest BCUT2D eigenvalue weighted by Gasteiger charge is -2.36. The average molecular weight is 379 g/mol. The van der Waals surface area contributed by atoms with Gasteiger partial charge in [0.15, 0.2) is 0 Å². The Kier molecular flexibility index (Phi) is 4.43. The van der Waals surface area contributed by atoms with Gasteiger partial charge < -0.3 is 9.64 Å². The van der Waals surface area contributed by atoms with Gasteiger partial charge in [-0.1, -0.05) is 0 Å². The van der Waals surface area contributed by atoms with E-state index >= 15 is 0 Å². The molecular formula is C18H25N3O4S. The number of aromatic nitrogens is 1. The van der Waals surface area contributed by atoms with Gasteiger partial charge in [0.25, 0.3) is 5.91 Å². The third kappa shape index (κ3) is 3.09. The average Bonchev–Trinajstić information content (AvgIpc) is 2.85. The third-order valence-corrected chi connectivity index (χ3v) is 7.09. The van der Waals surface area contributed by atoms with Crippen LogP contribution in [0.5, 0.6) is 5.88 Å². The summed E-state index contributed by atoms with van der Waals surface area (Å²) < 4.78 is 31.0. The summed E-state index contributed by atoms with van der Waals surface area (Å²) in [6.45, 7) is 1.47. The molecule has 0 unspecified atom stereocenters. The number of fused-ring (bicyclic) bond motifs is 5. The molecule has 5 rings (SSSR count). The summed E-state index contributed by atoms with van der Waals surface area (Å²) in [5.41, 5.74) is 2.66. The van der Waals surface area contributed by atoms with Crippen LogP contribution in [0.4, 0.5) is 0 Å². The Bertz CT molecular complexity index is 839. The zero-order valence-corrected chi connectivity index (χ0v) is 16.1. The van der Waals surface area contributed by atoms with Crippen molar-refractivity contribution in [3.05, 3.63) is 22.9 Å². The van der Waals surface area contributed by atoms with Crippen molar-refractivity contribution in [3.63, 3.8) is 0 Å². The van der Waals surface area contributed by atoms with Crippen LogP contribution in [0.1, 0.15) is 40.9 Å². The van der Waals surface area contributed by atoms with E-state index in [1.54, 1.807) is 7.11 Å². The first kappa shape index (κ1) is 17.7. The molecule has 2 bridgehead atoms. The molecule has 3 fully saturated rings. The zero-order chi connectivity index (χ0) is 18.5. The number of nitrogens with zero attached hydrogens (tertiary/aromatic N) is 3. The Balaban J connectivity index is 1.65. The van der Waals surface area contributed by atoms with Crippen molar-refractivity contribution < 1.29 is 17.9 Å². The summed E-state index contributed by atoms with van der Waals surface area (Å²) in [6.07, 6.45) is 5.97. The molecule has 1 amide bonds. The van der Waals surface area contributed by atoms with Crippen molar-refractivity contribution in [1.82, 2.24) is 14.2 Å². The van der Waals surface area contributed by atoms with Crippen LogP contribution in [0.3, 0.4) is 0 Å². The summed E-state index contributed by atoms with van der Waals surface area (Å²) in [6, 6.07) is 1.84. The summed E-state index contributed by atoms with van der Waals surface area (Å²) in [7, 11) is -1.71. The normalized spacial score (nSPS) is 25.8. The van der Waals surface area contributed by atoms with E-state index in [-0.39, 0.29) is 17.9 Å². The van der Waals surface area contributed by atoms with Crippen LogP contribution in [-0.2, 0) is 22.9 Å². The van der Waals surface area contributed by atoms with Crippen molar-refractivity contribution in [2.45, 2.75) is 38.1 Å². The predicted octanol–water partition coefficient (Wildman–Crippen LogP) is 1.07. The summed E-state index contributed by atoms with van der Waals surface area (Å²) in [5, 5.41) is 0. The van der Waals surface area contributed by atoms with Gasteiger partial charge in [-0.2, -0.15) is 4.31 Å². The molecule has 1 aliphatic carbocycles. The highest BCUT2D eigenvalue weighted by molar-refractivity contribution is 7.88. The minimum atomic E-state index is -3.25. The summed E-state index contributed by atoms with van der Waals surface area (Å²) >= 11 is 0. The molecule has 4 heterocycles. The monoisotopic (exact) mass is 379 g/mol. The molecule has 7 nitrogen and oxygen atoms in total. The molecule has 8 heteroatoms. The molecular weight excluding hydrogens is 354 g/mol. The second-order valence-corrected chi connectivity index (χ2v) is 9.62. The van der Waals surface area contributed by atoms with E-state index in [0.717, 1.165) is 43.4 Å². The van der Waals surface area contributed by atoms with Gasteiger partial charge in [0.1, 0.15) is 5.56 Å². The van der Waals surface area contributed by atoms with E-state index in [0.29, 0.717) is 31.1 Å². The van der Waals surface area contributed by atoms with E-state index in [9.17, 15) is 13.2 Å². The van der Waals surface area contributed by atoms with E-state index < -0.39 is 10.0 Å². The fourth-order valence-corrected chi connectivity index (χ4v) is 5.40. The van der Waals surface area contributed by atoms with Crippen LogP contribution in [0, 0.1) is 5.92 Å². The van der Waals surface area contributed by atoms with E-state index in [1.807, 2.05) is 11.0 Å². The highest BCUT2D eigenvalue weighted by Gasteiger charge is 2.40. The minimum Gasteiger partial charge on any atom is -0.480 e. The molecule has 0 N–H and O–H groups in total. The Labute approximate surface area is 154 Å². The maximum Gasteiger partial charge on any atom is 0.259 e. The third-order valence-electron chi connectivity index (χ3n) is 5.85. The first-order valence-electron chi connectivity index (χ1n) is 9.19. The number of piperidine rings is 1. The number of methoxy groups -OCH3 is 1. The molecule has 3 saturated heterocycles. The molecule has 2 atom stereocenters. The Morgan fingerprint density at radius 2 is 2.04 bits per heavy atom. The number of hydrogen-bond acceptors (Lipinski definition) is 5. The molecule has 3 aliphatic heterocycles. The van der Waals surface area contributed by atoms with Crippen molar-refractivity contribution in [3.8, 4) is 5.88 Å². The van der Waals surface area contributed by atoms with E-state index in [1.165, 1.54) is 10.6 Å². The largest absolute Gasteiger partial charge is 0.480 e. The van der Waals surface area contributed by atoms with Gasteiger partial charge in [-0.25, -0.2) is 13.4 Å². The zero-order valence-electron chi connectivity index (χ0n) is 15.3. The van der Waals surface area contributed by atoms with Crippen LogP contribution in [0.25, 0.3) is 0 Å². The second kappa shape index (κ2) is 6.49. The molecule has 0 saturated carbocycles. The maximum absolute atomic E-state index is 13.3. The van der Waals surface area contributed by atoms with Crippen molar-refractivity contribution in [2.75, 3.05) is 33.0 Å². The van der Waals surface area contributed by atoms with Gasteiger partial charge in [0.2, 0.25) is 15.9 Å². The van der Waals surface area contributed by atoms with Crippen molar-refractivity contribution in [1.29, 1.82) is 0 Å². The molecule has 142 valence electrons. The molecule has 0 aromatic carbocycles. The molecule has 4 aliphatic rings. The van der Waals surface area contributed by atoms with Crippen LogP contribution in [-0.4, -0.2) is 67.6 Å². The Hall–Kier alpha value is -1.67. The van der Waals surface area contributed by atoms with E-state index in [4.69, 9.17) is 4.74 Å².